The van der Waals surface area contributed by atoms with E-state index in [4.69, 9.17) is 14.7 Å². The lowest BCUT2D eigenvalue weighted by Gasteiger charge is -2.25. The zero-order valence-electron chi connectivity index (χ0n) is 16.2. The molecule has 0 bridgehead atoms. The summed E-state index contributed by atoms with van der Waals surface area (Å²) in [5.41, 5.74) is 1.20. The molecule has 2 atom stereocenters. The minimum atomic E-state index is -0.867. The normalized spacial score (nSPS) is 12.3. The maximum Gasteiger partial charge on any atom is 0.412 e. The van der Waals surface area contributed by atoms with Gasteiger partial charge in [-0.1, -0.05) is 13.0 Å². The van der Waals surface area contributed by atoms with Crippen molar-refractivity contribution in [2.45, 2.75) is 19.4 Å². The fourth-order valence-corrected chi connectivity index (χ4v) is 2.75. The molecule has 0 aliphatic rings. The standard InChI is InChI=1S/C21H21FN2O5S/c1-13(8-9-28-19(26)12-30)20(15-4-7-18(25)17(22)10-15)29-21(27)24-16-5-2-14(11-23)3-6-16/h2-7,10,13,20,25,30H,8-9,12H2,1H3,(H,24,27)/t13-,20+/m1/s1. The number of nitriles is 1. The van der Waals surface area contributed by atoms with E-state index in [1.165, 1.54) is 12.1 Å². The van der Waals surface area contributed by atoms with E-state index in [1.807, 2.05) is 6.07 Å². The van der Waals surface area contributed by atoms with Gasteiger partial charge in [0, 0.05) is 11.6 Å². The molecular formula is C21H21FN2O5S. The minimum Gasteiger partial charge on any atom is -0.505 e. The van der Waals surface area contributed by atoms with Gasteiger partial charge in [-0.3, -0.25) is 10.1 Å². The second-order valence-corrected chi connectivity index (χ2v) is 6.81. The van der Waals surface area contributed by atoms with Crippen LogP contribution in [0.4, 0.5) is 14.9 Å². The lowest BCUT2D eigenvalue weighted by atomic mass is 9.94. The smallest absolute Gasteiger partial charge is 0.412 e. The first-order valence-corrected chi connectivity index (χ1v) is 9.70. The Bertz CT molecular complexity index is 930. The Kier molecular flexibility index (Phi) is 8.50. The van der Waals surface area contributed by atoms with E-state index in [9.17, 15) is 19.1 Å². The summed E-state index contributed by atoms with van der Waals surface area (Å²) in [6.45, 7) is 1.84. The summed E-state index contributed by atoms with van der Waals surface area (Å²) in [6, 6.07) is 11.9. The SMILES string of the molecule is C[C@H](CCOC(=O)CS)[C@H](OC(=O)Nc1ccc(C#N)cc1)c1ccc(O)c(F)c1. The predicted molar refractivity (Wildman–Crippen MR) is 111 cm³/mol. The molecule has 0 spiro atoms. The first kappa shape index (κ1) is 23.0. The van der Waals surface area contributed by atoms with E-state index in [0.717, 1.165) is 6.07 Å². The molecule has 2 aromatic rings. The summed E-state index contributed by atoms with van der Waals surface area (Å²) < 4.78 is 24.4. The van der Waals surface area contributed by atoms with Crippen molar-refractivity contribution in [1.29, 1.82) is 5.26 Å². The van der Waals surface area contributed by atoms with Crippen molar-refractivity contribution in [3.63, 3.8) is 0 Å². The fourth-order valence-electron chi connectivity index (χ4n) is 2.66. The van der Waals surface area contributed by atoms with Crippen LogP contribution in [0.2, 0.25) is 0 Å². The summed E-state index contributed by atoms with van der Waals surface area (Å²) in [7, 11) is 0. The highest BCUT2D eigenvalue weighted by molar-refractivity contribution is 7.81. The first-order valence-electron chi connectivity index (χ1n) is 9.06. The zero-order chi connectivity index (χ0) is 22.1. The molecule has 0 aliphatic heterocycles. The van der Waals surface area contributed by atoms with Gasteiger partial charge < -0.3 is 14.6 Å². The molecule has 7 nitrogen and oxygen atoms in total. The van der Waals surface area contributed by atoms with Crippen LogP contribution in [0.3, 0.4) is 0 Å². The number of phenolic OH excluding ortho intramolecular Hbond substituents is 1. The number of phenols is 1. The van der Waals surface area contributed by atoms with Crippen LogP contribution < -0.4 is 5.32 Å². The number of benzene rings is 2. The van der Waals surface area contributed by atoms with Crippen molar-refractivity contribution in [3.05, 3.63) is 59.4 Å². The molecule has 2 N–H and O–H groups in total. The number of nitrogens with one attached hydrogen (secondary N) is 1. The van der Waals surface area contributed by atoms with Gasteiger partial charge in [0.1, 0.15) is 6.10 Å². The van der Waals surface area contributed by atoms with Gasteiger partial charge in [0.05, 0.1) is 24.0 Å². The molecule has 0 aromatic heterocycles. The van der Waals surface area contributed by atoms with E-state index in [1.54, 1.807) is 31.2 Å². The Hall–Kier alpha value is -3.25. The van der Waals surface area contributed by atoms with Gasteiger partial charge in [0.2, 0.25) is 0 Å². The topological polar surface area (TPSA) is 109 Å². The second-order valence-electron chi connectivity index (χ2n) is 6.50. The largest absolute Gasteiger partial charge is 0.505 e. The summed E-state index contributed by atoms with van der Waals surface area (Å²) >= 11 is 3.83. The number of anilines is 1. The fraction of sp³-hybridized carbons (Fsp3) is 0.286. The Morgan fingerprint density at radius 1 is 1.27 bits per heavy atom. The van der Waals surface area contributed by atoms with Crippen molar-refractivity contribution >= 4 is 30.4 Å². The Balaban J connectivity index is 2.12. The Morgan fingerprint density at radius 3 is 2.57 bits per heavy atom. The maximum absolute atomic E-state index is 13.9. The summed E-state index contributed by atoms with van der Waals surface area (Å²) in [6.07, 6.45) is -1.30. The van der Waals surface area contributed by atoms with Gasteiger partial charge in [0.25, 0.3) is 0 Å². The minimum absolute atomic E-state index is 0.0511. The van der Waals surface area contributed by atoms with Crippen molar-refractivity contribution in [3.8, 4) is 11.8 Å². The van der Waals surface area contributed by atoms with Crippen LogP contribution in [-0.2, 0) is 14.3 Å². The average molecular weight is 432 g/mol. The number of carbonyl (C=O) groups excluding carboxylic acids is 2. The van der Waals surface area contributed by atoms with Crippen LogP contribution in [0.5, 0.6) is 5.75 Å². The highest BCUT2D eigenvalue weighted by Crippen LogP contribution is 2.31. The van der Waals surface area contributed by atoms with Crippen LogP contribution in [-0.4, -0.2) is 29.5 Å². The highest BCUT2D eigenvalue weighted by Gasteiger charge is 2.25. The van der Waals surface area contributed by atoms with E-state index in [0.29, 0.717) is 23.2 Å². The number of hydrogen-bond donors (Lipinski definition) is 3. The van der Waals surface area contributed by atoms with Gasteiger partial charge in [-0.05, 0) is 48.4 Å². The third-order valence-corrected chi connectivity index (χ3v) is 4.54. The van der Waals surface area contributed by atoms with E-state index < -0.39 is 29.7 Å². The lowest BCUT2D eigenvalue weighted by molar-refractivity contribution is -0.141. The molecule has 9 heteroatoms. The molecule has 0 heterocycles. The van der Waals surface area contributed by atoms with Gasteiger partial charge in [-0.15, -0.1) is 0 Å². The van der Waals surface area contributed by atoms with E-state index in [2.05, 4.69) is 17.9 Å². The number of rotatable bonds is 8. The van der Waals surface area contributed by atoms with E-state index >= 15 is 0 Å². The highest BCUT2D eigenvalue weighted by atomic mass is 32.1. The number of aromatic hydroxyl groups is 1. The van der Waals surface area contributed by atoms with Gasteiger partial charge in [-0.2, -0.15) is 17.9 Å². The molecule has 0 saturated carbocycles. The van der Waals surface area contributed by atoms with Crippen LogP contribution in [0, 0.1) is 23.1 Å². The number of ether oxygens (including phenoxy) is 2. The molecule has 158 valence electrons. The number of nitrogens with zero attached hydrogens (tertiary/aromatic N) is 1. The monoisotopic (exact) mass is 432 g/mol. The summed E-state index contributed by atoms with van der Waals surface area (Å²) in [5, 5.41) is 20.8. The Labute approximate surface area is 178 Å². The maximum atomic E-state index is 13.9. The van der Waals surface area contributed by atoms with E-state index in [-0.39, 0.29) is 18.3 Å². The number of carbonyl (C=O) groups is 2. The number of halogens is 1. The van der Waals surface area contributed by atoms with Crippen molar-refractivity contribution < 1.29 is 28.6 Å². The van der Waals surface area contributed by atoms with Crippen molar-refractivity contribution in [1.82, 2.24) is 0 Å². The van der Waals surface area contributed by atoms with Crippen molar-refractivity contribution in [2.75, 3.05) is 17.7 Å². The number of esters is 1. The molecule has 0 aliphatic carbocycles. The average Bonchev–Trinajstić information content (AvgIpc) is 2.74. The van der Waals surface area contributed by atoms with Gasteiger partial charge in [0.15, 0.2) is 11.6 Å². The quantitative estimate of drug-likeness (QED) is 0.426. The molecule has 2 rings (SSSR count). The van der Waals surface area contributed by atoms with Crippen molar-refractivity contribution in [2.24, 2.45) is 5.92 Å². The molecule has 1 amide bonds. The molecule has 0 unspecified atom stereocenters. The zero-order valence-corrected chi connectivity index (χ0v) is 17.1. The number of thiol groups is 1. The second kappa shape index (κ2) is 11.1. The molecule has 2 aromatic carbocycles. The van der Waals surface area contributed by atoms with Gasteiger partial charge in [-0.25, -0.2) is 9.18 Å². The first-order chi connectivity index (χ1) is 14.3. The third-order valence-electron chi connectivity index (χ3n) is 4.28. The molecular weight excluding hydrogens is 411 g/mol. The predicted octanol–water partition coefficient (Wildman–Crippen LogP) is 4.19. The number of hydrogen-bond acceptors (Lipinski definition) is 7. The van der Waals surface area contributed by atoms with Crippen LogP contribution in [0.25, 0.3) is 0 Å². The number of amides is 1. The molecule has 0 saturated heterocycles. The third kappa shape index (κ3) is 6.67. The van der Waals surface area contributed by atoms with Crippen LogP contribution in [0.1, 0.15) is 30.6 Å². The summed E-state index contributed by atoms with van der Waals surface area (Å²) in [4.78, 5) is 23.6. The molecule has 0 fully saturated rings. The van der Waals surface area contributed by atoms with Crippen LogP contribution in [0.15, 0.2) is 42.5 Å². The Morgan fingerprint density at radius 2 is 1.97 bits per heavy atom. The van der Waals surface area contributed by atoms with Gasteiger partial charge >= 0.3 is 12.1 Å². The molecule has 30 heavy (non-hydrogen) atoms. The lowest BCUT2D eigenvalue weighted by Crippen LogP contribution is -2.23. The van der Waals surface area contributed by atoms with Crippen LogP contribution >= 0.6 is 12.6 Å². The summed E-state index contributed by atoms with van der Waals surface area (Å²) in [5.74, 6) is -2.23. The molecule has 0 radical (unpaired) electrons.